The van der Waals surface area contributed by atoms with Gasteiger partial charge in [0.2, 0.25) is 11.8 Å². The number of aryl methyl sites for hydroxylation is 1. The SMILES string of the molecule is CCOc1ccccc1N(CC(=O)N(Cc1ccccc1C)[C@H](C)C(=O)NC)S(=O)(=O)c1ccc(SC)cc1. The van der Waals surface area contributed by atoms with Crippen LogP contribution in [-0.4, -0.2) is 57.6 Å². The fourth-order valence-electron chi connectivity index (χ4n) is 4.09. The molecule has 3 aromatic rings. The highest BCUT2D eigenvalue weighted by molar-refractivity contribution is 7.98. The molecule has 1 N–H and O–H groups in total. The third-order valence-corrected chi connectivity index (χ3v) is 8.89. The number of benzene rings is 3. The van der Waals surface area contributed by atoms with E-state index in [9.17, 15) is 18.0 Å². The molecule has 2 amide bonds. The molecule has 0 aromatic heterocycles. The van der Waals surface area contributed by atoms with Gasteiger partial charge in [0.25, 0.3) is 10.0 Å². The van der Waals surface area contributed by atoms with E-state index >= 15 is 0 Å². The normalized spacial score (nSPS) is 11.9. The summed E-state index contributed by atoms with van der Waals surface area (Å²) in [5, 5.41) is 2.59. The van der Waals surface area contributed by atoms with Crippen molar-refractivity contribution in [2.24, 2.45) is 0 Å². The lowest BCUT2D eigenvalue weighted by atomic mass is 10.1. The van der Waals surface area contributed by atoms with E-state index in [2.05, 4.69) is 5.32 Å². The van der Waals surface area contributed by atoms with Crippen LogP contribution in [0, 0.1) is 6.92 Å². The van der Waals surface area contributed by atoms with Crippen LogP contribution in [0.25, 0.3) is 0 Å². The van der Waals surface area contributed by atoms with Crippen LogP contribution in [0.1, 0.15) is 25.0 Å². The van der Waals surface area contributed by atoms with Crippen LogP contribution in [0.2, 0.25) is 0 Å². The number of nitrogens with one attached hydrogen (secondary N) is 1. The number of likely N-dealkylation sites (N-methyl/N-ethyl adjacent to an activating group) is 1. The topological polar surface area (TPSA) is 96.0 Å². The number of carbonyl (C=O) groups is 2. The minimum absolute atomic E-state index is 0.0456. The zero-order valence-corrected chi connectivity index (χ0v) is 24.5. The maximum atomic E-state index is 14.0. The van der Waals surface area contributed by atoms with E-state index in [0.717, 1.165) is 20.3 Å². The molecule has 39 heavy (non-hydrogen) atoms. The van der Waals surface area contributed by atoms with Crippen molar-refractivity contribution in [2.45, 2.75) is 43.1 Å². The molecular formula is C29H35N3O5S2. The van der Waals surface area contributed by atoms with Crippen molar-refractivity contribution in [1.29, 1.82) is 0 Å². The van der Waals surface area contributed by atoms with Gasteiger partial charge in [0.1, 0.15) is 18.3 Å². The van der Waals surface area contributed by atoms with Crippen LogP contribution in [-0.2, 0) is 26.2 Å². The minimum Gasteiger partial charge on any atom is -0.492 e. The molecule has 0 bridgehead atoms. The van der Waals surface area contributed by atoms with E-state index in [1.54, 1.807) is 50.2 Å². The lowest BCUT2D eigenvalue weighted by Crippen LogP contribution is -2.50. The number of carbonyl (C=O) groups excluding carboxylic acids is 2. The Morgan fingerprint density at radius 1 is 1.00 bits per heavy atom. The lowest BCUT2D eigenvalue weighted by molar-refractivity contribution is -0.139. The van der Waals surface area contributed by atoms with Gasteiger partial charge in [0.15, 0.2) is 0 Å². The van der Waals surface area contributed by atoms with E-state index in [4.69, 9.17) is 4.74 Å². The zero-order chi connectivity index (χ0) is 28.6. The first-order valence-electron chi connectivity index (χ1n) is 12.6. The number of hydrogen-bond acceptors (Lipinski definition) is 6. The predicted molar refractivity (Wildman–Crippen MR) is 156 cm³/mol. The number of rotatable bonds is 12. The smallest absolute Gasteiger partial charge is 0.264 e. The molecule has 0 radical (unpaired) electrons. The number of nitrogens with zero attached hydrogens (tertiary/aromatic N) is 2. The second-order valence-corrected chi connectivity index (χ2v) is 11.6. The first-order chi connectivity index (χ1) is 18.6. The number of thioether (sulfide) groups is 1. The Hall–Kier alpha value is -3.50. The molecule has 0 heterocycles. The van der Waals surface area contributed by atoms with E-state index in [0.29, 0.717) is 12.4 Å². The number of para-hydroxylation sites is 2. The standard InChI is InChI=1S/C29H35N3O5S2/c1-6-37-27-14-10-9-13-26(27)32(39(35,36)25-17-15-24(38-5)16-18-25)20-28(33)31(22(3)29(34)30-4)19-23-12-8-7-11-21(23)2/h7-18,22H,6,19-20H2,1-5H3,(H,30,34)/t22-/m1/s1. The first-order valence-corrected chi connectivity index (χ1v) is 15.2. The molecule has 0 saturated carbocycles. The van der Waals surface area contributed by atoms with E-state index < -0.39 is 28.5 Å². The largest absolute Gasteiger partial charge is 0.492 e. The summed E-state index contributed by atoms with van der Waals surface area (Å²) in [5.41, 5.74) is 2.06. The van der Waals surface area contributed by atoms with Gasteiger partial charge in [-0.3, -0.25) is 13.9 Å². The average molecular weight is 570 g/mol. The molecule has 8 nitrogen and oxygen atoms in total. The number of anilines is 1. The highest BCUT2D eigenvalue weighted by Crippen LogP contribution is 2.33. The Bertz CT molecular complexity index is 1390. The van der Waals surface area contributed by atoms with Gasteiger partial charge in [0, 0.05) is 18.5 Å². The van der Waals surface area contributed by atoms with Crippen LogP contribution < -0.4 is 14.4 Å². The summed E-state index contributed by atoms with van der Waals surface area (Å²) in [6, 6.07) is 20.0. The fraction of sp³-hybridized carbons (Fsp3) is 0.310. The van der Waals surface area contributed by atoms with Crippen LogP contribution >= 0.6 is 11.8 Å². The monoisotopic (exact) mass is 569 g/mol. The summed E-state index contributed by atoms with van der Waals surface area (Å²) in [6.07, 6.45) is 1.91. The van der Waals surface area contributed by atoms with Crippen molar-refractivity contribution in [3.63, 3.8) is 0 Å². The average Bonchev–Trinajstić information content (AvgIpc) is 2.95. The summed E-state index contributed by atoms with van der Waals surface area (Å²) in [6.45, 7) is 5.29. The van der Waals surface area contributed by atoms with Gasteiger partial charge in [-0.1, -0.05) is 36.4 Å². The number of sulfonamides is 1. The molecule has 208 valence electrons. The van der Waals surface area contributed by atoms with E-state index in [-0.39, 0.29) is 23.0 Å². The second kappa shape index (κ2) is 13.5. The summed E-state index contributed by atoms with van der Waals surface area (Å²) >= 11 is 1.50. The molecule has 10 heteroatoms. The van der Waals surface area contributed by atoms with Crippen molar-refractivity contribution < 1.29 is 22.7 Å². The van der Waals surface area contributed by atoms with Gasteiger partial charge in [-0.2, -0.15) is 0 Å². The summed E-state index contributed by atoms with van der Waals surface area (Å²) in [4.78, 5) is 29.0. The van der Waals surface area contributed by atoms with Gasteiger partial charge in [-0.15, -0.1) is 11.8 Å². The minimum atomic E-state index is -4.19. The molecule has 0 aliphatic rings. The second-order valence-electron chi connectivity index (χ2n) is 8.83. The lowest BCUT2D eigenvalue weighted by Gasteiger charge is -2.32. The highest BCUT2D eigenvalue weighted by Gasteiger charge is 2.33. The van der Waals surface area contributed by atoms with Crippen molar-refractivity contribution >= 4 is 39.3 Å². The quantitative estimate of drug-likeness (QED) is 0.323. The van der Waals surface area contributed by atoms with Crippen molar-refractivity contribution in [2.75, 3.05) is 30.8 Å². The number of hydrogen-bond donors (Lipinski definition) is 1. The van der Waals surface area contributed by atoms with Crippen LogP contribution in [0.4, 0.5) is 5.69 Å². The Kier molecular flexibility index (Phi) is 10.4. The molecule has 3 aromatic carbocycles. The summed E-state index contributed by atoms with van der Waals surface area (Å²) in [7, 11) is -2.68. The Balaban J connectivity index is 2.10. The van der Waals surface area contributed by atoms with Crippen molar-refractivity contribution in [3.8, 4) is 5.75 Å². The molecular weight excluding hydrogens is 534 g/mol. The number of amides is 2. The summed E-state index contributed by atoms with van der Waals surface area (Å²) in [5.74, 6) is -0.541. The van der Waals surface area contributed by atoms with Gasteiger partial charge in [0.05, 0.1) is 17.2 Å². The summed E-state index contributed by atoms with van der Waals surface area (Å²) < 4.78 is 34.9. The van der Waals surface area contributed by atoms with Gasteiger partial charge >= 0.3 is 0 Å². The van der Waals surface area contributed by atoms with Crippen molar-refractivity contribution in [3.05, 3.63) is 83.9 Å². The van der Waals surface area contributed by atoms with Gasteiger partial charge in [-0.25, -0.2) is 8.42 Å². The molecule has 0 saturated heterocycles. The Labute approximate surface area is 235 Å². The van der Waals surface area contributed by atoms with Crippen LogP contribution in [0.3, 0.4) is 0 Å². The molecule has 1 atom stereocenters. The third-order valence-electron chi connectivity index (χ3n) is 6.38. The van der Waals surface area contributed by atoms with Crippen LogP contribution in [0.5, 0.6) is 5.75 Å². The van der Waals surface area contributed by atoms with Crippen LogP contribution in [0.15, 0.2) is 82.6 Å². The predicted octanol–water partition coefficient (Wildman–Crippen LogP) is 4.47. The molecule has 0 fully saturated rings. The Morgan fingerprint density at radius 3 is 2.26 bits per heavy atom. The highest BCUT2D eigenvalue weighted by atomic mass is 32.2. The molecule has 0 unspecified atom stereocenters. The molecule has 0 aliphatic heterocycles. The number of ether oxygens (including phenoxy) is 1. The maximum absolute atomic E-state index is 14.0. The zero-order valence-electron chi connectivity index (χ0n) is 22.9. The molecule has 0 spiro atoms. The van der Waals surface area contributed by atoms with Crippen molar-refractivity contribution in [1.82, 2.24) is 10.2 Å². The third kappa shape index (κ3) is 7.13. The first kappa shape index (κ1) is 30.0. The maximum Gasteiger partial charge on any atom is 0.264 e. The van der Waals surface area contributed by atoms with Gasteiger partial charge < -0.3 is 15.0 Å². The van der Waals surface area contributed by atoms with E-state index in [1.165, 1.54) is 35.8 Å². The van der Waals surface area contributed by atoms with E-state index in [1.807, 2.05) is 37.4 Å². The molecule has 3 rings (SSSR count). The fourth-order valence-corrected chi connectivity index (χ4v) is 5.92. The Morgan fingerprint density at radius 2 is 1.64 bits per heavy atom. The molecule has 0 aliphatic carbocycles. The van der Waals surface area contributed by atoms with Gasteiger partial charge in [-0.05, 0) is 74.6 Å².